The summed E-state index contributed by atoms with van der Waals surface area (Å²) in [6, 6.07) is 0. The molecule has 0 bridgehead atoms. The molecule has 0 aliphatic heterocycles. The van der Waals surface area contributed by atoms with E-state index >= 15 is 0 Å². The number of H-pyrrole nitrogens is 1. The number of unbranched alkanes of at least 4 members (excludes halogenated alkanes) is 2. The number of anilines is 1. The lowest BCUT2D eigenvalue weighted by Crippen LogP contribution is -2.29. The molecule has 0 saturated heterocycles. The Hall–Kier alpha value is -1.28. The highest BCUT2D eigenvalue weighted by molar-refractivity contribution is 7.99. The number of nitrogens with zero attached hydrogens (tertiary/aromatic N) is 2. The highest BCUT2D eigenvalue weighted by Gasteiger charge is 2.01. The van der Waals surface area contributed by atoms with Gasteiger partial charge in [-0.1, -0.05) is 18.2 Å². The summed E-state index contributed by atoms with van der Waals surface area (Å²) in [5.74, 6) is 6.09. The van der Waals surface area contributed by atoms with Crippen LogP contribution in [-0.2, 0) is 4.79 Å². The second kappa shape index (κ2) is 7.07. The molecule has 6 N–H and O–H groups in total. The average molecular weight is 244 g/mol. The smallest absolute Gasteiger partial charge is 0.233 e. The fourth-order valence-corrected chi connectivity index (χ4v) is 1.93. The molecule has 90 valence electrons. The third-order valence-electron chi connectivity index (χ3n) is 1.92. The van der Waals surface area contributed by atoms with Gasteiger partial charge in [-0.2, -0.15) is 4.98 Å². The van der Waals surface area contributed by atoms with Gasteiger partial charge in [-0.15, -0.1) is 5.10 Å². The molecule has 0 unspecified atom stereocenters. The van der Waals surface area contributed by atoms with Gasteiger partial charge >= 0.3 is 0 Å². The van der Waals surface area contributed by atoms with Gasteiger partial charge in [0.25, 0.3) is 0 Å². The first kappa shape index (κ1) is 12.8. The molecule has 1 amide bonds. The summed E-state index contributed by atoms with van der Waals surface area (Å²) in [6.45, 7) is 0. The minimum Gasteiger partial charge on any atom is -0.368 e. The van der Waals surface area contributed by atoms with Crippen LogP contribution in [0.3, 0.4) is 0 Å². The summed E-state index contributed by atoms with van der Waals surface area (Å²) in [7, 11) is 0. The highest BCUT2D eigenvalue weighted by Crippen LogP contribution is 2.15. The molecule has 1 aromatic heterocycles. The van der Waals surface area contributed by atoms with Gasteiger partial charge in [-0.25, -0.2) is 10.9 Å². The number of hydrogen-bond donors (Lipinski definition) is 4. The van der Waals surface area contributed by atoms with Gasteiger partial charge in [0.1, 0.15) is 0 Å². The maximum atomic E-state index is 10.8. The Morgan fingerprint density at radius 3 is 2.88 bits per heavy atom. The van der Waals surface area contributed by atoms with Crippen LogP contribution in [0.15, 0.2) is 5.16 Å². The number of carbonyl (C=O) groups is 1. The molecule has 1 aromatic rings. The molecule has 1 rings (SSSR count). The lowest BCUT2D eigenvalue weighted by atomic mass is 10.2. The van der Waals surface area contributed by atoms with Crippen molar-refractivity contribution < 1.29 is 4.79 Å². The van der Waals surface area contributed by atoms with E-state index in [-0.39, 0.29) is 5.91 Å². The van der Waals surface area contributed by atoms with Crippen LogP contribution in [0.25, 0.3) is 0 Å². The van der Waals surface area contributed by atoms with Crippen molar-refractivity contribution in [2.75, 3.05) is 11.5 Å². The maximum absolute atomic E-state index is 10.8. The monoisotopic (exact) mass is 244 g/mol. The number of thioether (sulfide) groups is 1. The average Bonchev–Trinajstić information content (AvgIpc) is 2.69. The van der Waals surface area contributed by atoms with E-state index in [0.29, 0.717) is 17.5 Å². The van der Waals surface area contributed by atoms with Crippen molar-refractivity contribution in [1.29, 1.82) is 0 Å². The molecule has 0 fully saturated rings. The zero-order valence-corrected chi connectivity index (χ0v) is 9.72. The zero-order valence-electron chi connectivity index (χ0n) is 8.90. The number of aromatic amines is 1. The van der Waals surface area contributed by atoms with Gasteiger partial charge in [0.2, 0.25) is 17.0 Å². The molecule has 1 heterocycles. The molecule has 0 aliphatic carbocycles. The number of hydrogen-bond acceptors (Lipinski definition) is 6. The Kier molecular flexibility index (Phi) is 5.65. The standard InChI is InChI=1S/C8H16N6OS/c9-7-11-8(14-13-7)16-5-3-1-2-4-6(15)12-10/h1-5,10H2,(H,12,15)(H3,9,11,13,14). The number of rotatable bonds is 7. The maximum Gasteiger partial charge on any atom is 0.233 e. The van der Waals surface area contributed by atoms with Crippen LogP contribution in [0, 0.1) is 0 Å². The molecular weight excluding hydrogens is 228 g/mol. The molecule has 7 nitrogen and oxygen atoms in total. The van der Waals surface area contributed by atoms with E-state index in [2.05, 4.69) is 20.6 Å². The predicted molar refractivity (Wildman–Crippen MR) is 62.3 cm³/mol. The number of nitrogen functional groups attached to an aromatic ring is 1. The van der Waals surface area contributed by atoms with E-state index in [9.17, 15) is 4.79 Å². The number of amides is 1. The Morgan fingerprint density at radius 2 is 2.25 bits per heavy atom. The predicted octanol–water partition coefficient (Wildman–Crippen LogP) is 0.0293. The molecule has 0 saturated carbocycles. The number of carbonyl (C=O) groups excluding carboxylic acids is 1. The minimum absolute atomic E-state index is 0.116. The van der Waals surface area contributed by atoms with Crippen molar-refractivity contribution in [2.24, 2.45) is 5.84 Å². The molecule has 16 heavy (non-hydrogen) atoms. The van der Waals surface area contributed by atoms with Crippen LogP contribution in [0.2, 0.25) is 0 Å². The quantitative estimate of drug-likeness (QED) is 0.176. The van der Waals surface area contributed by atoms with Crippen LogP contribution >= 0.6 is 11.8 Å². The summed E-state index contributed by atoms with van der Waals surface area (Å²) < 4.78 is 0. The van der Waals surface area contributed by atoms with E-state index in [1.54, 1.807) is 11.8 Å². The largest absolute Gasteiger partial charge is 0.368 e. The number of nitrogens with one attached hydrogen (secondary N) is 2. The third kappa shape index (κ3) is 4.99. The first-order valence-electron chi connectivity index (χ1n) is 5.02. The van der Waals surface area contributed by atoms with Crippen molar-refractivity contribution in [3.8, 4) is 0 Å². The van der Waals surface area contributed by atoms with Crippen LogP contribution in [0.4, 0.5) is 5.95 Å². The van der Waals surface area contributed by atoms with Gasteiger partial charge in [-0.3, -0.25) is 10.2 Å². The Morgan fingerprint density at radius 1 is 1.44 bits per heavy atom. The van der Waals surface area contributed by atoms with E-state index in [4.69, 9.17) is 11.6 Å². The van der Waals surface area contributed by atoms with E-state index < -0.39 is 0 Å². The van der Waals surface area contributed by atoms with Crippen molar-refractivity contribution in [2.45, 2.75) is 30.8 Å². The van der Waals surface area contributed by atoms with Crippen LogP contribution in [0.5, 0.6) is 0 Å². The molecule has 0 radical (unpaired) electrons. The summed E-state index contributed by atoms with van der Waals surface area (Å²) in [5.41, 5.74) is 7.48. The number of hydrazine groups is 1. The lowest BCUT2D eigenvalue weighted by molar-refractivity contribution is -0.121. The fraction of sp³-hybridized carbons (Fsp3) is 0.625. The van der Waals surface area contributed by atoms with E-state index in [1.807, 2.05) is 0 Å². The highest BCUT2D eigenvalue weighted by atomic mass is 32.2. The number of nitrogens with two attached hydrogens (primary N) is 2. The first-order valence-corrected chi connectivity index (χ1v) is 6.01. The van der Waals surface area contributed by atoms with Crippen LogP contribution in [-0.4, -0.2) is 26.8 Å². The molecule has 0 aliphatic rings. The second-order valence-electron chi connectivity index (χ2n) is 3.23. The van der Waals surface area contributed by atoms with Gasteiger partial charge in [0.05, 0.1) is 0 Å². The first-order chi connectivity index (χ1) is 7.72. The fourth-order valence-electron chi connectivity index (χ4n) is 1.12. The van der Waals surface area contributed by atoms with Gasteiger partial charge in [0, 0.05) is 12.2 Å². The Labute approximate surface area is 97.7 Å². The van der Waals surface area contributed by atoms with Crippen molar-refractivity contribution >= 4 is 23.6 Å². The summed E-state index contributed by atoms with van der Waals surface area (Å²) in [6.07, 6.45) is 3.33. The summed E-state index contributed by atoms with van der Waals surface area (Å²) in [4.78, 5) is 14.8. The van der Waals surface area contributed by atoms with Crippen LogP contribution < -0.4 is 17.0 Å². The normalized spacial score (nSPS) is 10.3. The second-order valence-corrected chi connectivity index (χ2v) is 4.29. The topological polar surface area (TPSA) is 123 Å². The van der Waals surface area contributed by atoms with E-state index in [0.717, 1.165) is 25.0 Å². The van der Waals surface area contributed by atoms with Crippen LogP contribution in [0.1, 0.15) is 25.7 Å². The van der Waals surface area contributed by atoms with Gasteiger partial charge in [0.15, 0.2) is 0 Å². The Bertz CT molecular complexity index is 328. The van der Waals surface area contributed by atoms with Crippen molar-refractivity contribution in [3.05, 3.63) is 0 Å². The molecule has 8 heteroatoms. The lowest BCUT2D eigenvalue weighted by Gasteiger charge is -1.99. The SMILES string of the molecule is NNC(=O)CCCCCSc1n[nH]c(N)n1. The van der Waals surface area contributed by atoms with Gasteiger partial charge in [-0.05, 0) is 12.8 Å². The summed E-state index contributed by atoms with van der Waals surface area (Å²) >= 11 is 1.55. The van der Waals surface area contributed by atoms with E-state index in [1.165, 1.54) is 0 Å². The zero-order chi connectivity index (χ0) is 11.8. The summed E-state index contributed by atoms with van der Waals surface area (Å²) in [5, 5.41) is 7.13. The van der Waals surface area contributed by atoms with Crippen molar-refractivity contribution in [3.63, 3.8) is 0 Å². The minimum atomic E-state index is -0.116. The Balaban J connectivity index is 1.98. The molecular formula is C8H16N6OS. The molecule has 0 atom stereocenters. The number of aromatic nitrogens is 3. The van der Waals surface area contributed by atoms with Crippen molar-refractivity contribution in [1.82, 2.24) is 20.6 Å². The molecule has 0 aromatic carbocycles. The molecule has 0 spiro atoms. The van der Waals surface area contributed by atoms with Gasteiger partial charge < -0.3 is 5.73 Å². The third-order valence-corrected chi connectivity index (χ3v) is 2.86.